The smallest absolute Gasteiger partial charge is 0.274 e. The topological polar surface area (TPSA) is 72.7 Å². The van der Waals surface area contributed by atoms with Gasteiger partial charge in [-0.15, -0.1) is 0 Å². The first kappa shape index (κ1) is 12.6. The maximum absolute atomic E-state index is 12.0. The minimum atomic E-state index is -0.260. The fourth-order valence-corrected chi connectivity index (χ4v) is 1.85. The molecule has 0 aliphatic carbocycles. The molecule has 0 aromatic carbocycles. The molecule has 0 fully saturated rings. The van der Waals surface area contributed by atoms with E-state index in [1.54, 1.807) is 30.2 Å². The van der Waals surface area contributed by atoms with Gasteiger partial charge in [0.15, 0.2) is 5.16 Å². The Morgan fingerprint density at radius 1 is 1.44 bits per heavy atom. The predicted octanol–water partition coefficient (Wildman–Crippen LogP) is 1.49. The Kier molecular flexibility index (Phi) is 3.61. The number of nitrogens with one attached hydrogen (secondary N) is 1. The van der Waals surface area contributed by atoms with E-state index in [0.29, 0.717) is 16.5 Å². The summed E-state index contributed by atoms with van der Waals surface area (Å²) >= 11 is 1.41. The molecule has 0 saturated carbocycles. The van der Waals surface area contributed by atoms with Gasteiger partial charge in [-0.1, -0.05) is 11.8 Å². The quantitative estimate of drug-likeness (QED) is 0.671. The highest BCUT2D eigenvalue weighted by atomic mass is 32.2. The molecule has 0 aliphatic rings. The number of amides is 1. The number of carbonyl (C=O) groups excluding carboxylic acids is 1. The molecule has 2 rings (SSSR count). The predicted molar refractivity (Wildman–Crippen MR) is 69.7 cm³/mol. The molecular weight excluding hydrogens is 250 g/mol. The first-order chi connectivity index (χ1) is 8.58. The van der Waals surface area contributed by atoms with Gasteiger partial charge in [0.1, 0.15) is 5.69 Å². The molecule has 2 aromatic rings. The lowest BCUT2D eigenvalue weighted by atomic mass is 10.3. The Hall–Kier alpha value is -1.89. The van der Waals surface area contributed by atoms with Gasteiger partial charge in [-0.05, 0) is 19.2 Å². The Balaban J connectivity index is 2.20. The highest BCUT2D eigenvalue weighted by Crippen LogP contribution is 2.12. The summed E-state index contributed by atoms with van der Waals surface area (Å²) in [4.78, 5) is 20.4. The Morgan fingerprint density at radius 2 is 2.22 bits per heavy atom. The van der Waals surface area contributed by atoms with E-state index < -0.39 is 0 Å². The van der Waals surface area contributed by atoms with E-state index in [-0.39, 0.29) is 5.91 Å². The SMILES string of the molecule is CSc1nc(C)cc(C(=O)Nc2cnn(C)c2)n1. The van der Waals surface area contributed by atoms with Crippen LogP contribution >= 0.6 is 11.8 Å². The van der Waals surface area contributed by atoms with Crippen molar-refractivity contribution in [2.24, 2.45) is 7.05 Å². The lowest BCUT2D eigenvalue weighted by Gasteiger charge is -2.04. The van der Waals surface area contributed by atoms with Crippen LogP contribution in [0.5, 0.6) is 0 Å². The number of carbonyl (C=O) groups is 1. The molecule has 94 valence electrons. The number of hydrogen-bond acceptors (Lipinski definition) is 5. The number of nitrogens with zero attached hydrogens (tertiary/aromatic N) is 4. The van der Waals surface area contributed by atoms with Crippen LogP contribution in [0, 0.1) is 6.92 Å². The third-order valence-corrected chi connectivity index (χ3v) is 2.76. The van der Waals surface area contributed by atoms with E-state index in [0.717, 1.165) is 5.69 Å². The average molecular weight is 263 g/mol. The highest BCUT2D eigenvalue weighted by Gasteiger charge is 2.11. The summed E-state index contributed by atoms with van der Waals surface area (Å²) in [6, 6.07) is 1.66. The van der Waals surface area contributed by atoms with Gasteiger partial charge in [-0.3, -0.25) is 9.48 Å². The summed E-state index contributed by atoms with van der Waals surface area (Å²) in [5.74, 6) is -0.260. The van der Waals surface area contributed by atoms with Gasteiger partial charge < -0.3 is 5.32 Å². The van der Waals surface area contributed by atoms with Crippen LogP contribution in [-0.2, 0) is 7.05 Å². The second kappa shape index (κ2) is 5.18. The molecule has 0 bridgehead atoms. The second-order valence-electron chi connectivity index (χ2n) is 3.74. The van der Waals surface area contributed by atoms with Crippen molar-refractivity contribution < 1.29 is 4.79 Å². The molecule has 18 heavy (non-hydrogen) atoms. The van der Waals surface area contributed by atoms with Crippen molar-refractivity contribution in [3.63, 3.8) is 0 Å². The molecule has 0 saturated heterocycles. The Labute approximate surface area is 109 Å². The Morgan fingerprint density at radius 3 is 2.83 bits per heavy atom. The van der Waals surface area contributed by atoms with Gasteiger partial charge in [0.2, 0.25) is 0 Å². The van der Waals surface area contributed by atoms with Gasteiger partial charge >= 0.3 is 0 Å². The van der Waals surface area contributed by atoms with Gasteiger partial charge in [-0.2, -0.15) is 5.10 Å². The third kappa shape index (κ3) is 2.86. The van der Waals surface area contributed by atoms with Gasteiger partial charge in [0.25, 0.3) is 5.91 Å². The molecule has 2 aromatic heterocycles. The Bertz CT molecular complexity index is 581. The van der Waals surface area contributed by atoms with Crippen LogP contribution < -0.4 is 5.32 Å². The summed E-state index contributed by atoms with van der Waals surface area (Å²) < 4.78 is 1.62. The number of aryl methyl sites for hydroxylation is 2. The van der Waals surface area contributed by atoms with Crippen LogP contribution in [0.1, 0.15) is 16.2 Å². The first-order valence-electron chi connectivity index (χ1n) is 5.28. The van der Waals surface area contributed by atoms with E-state index in [9.17, 15) is 4.79 Å². The van der Waals surface area contributed by atoms with E-state index in [4.69, 9.17) is 0 Å². The van der Waals surface area contributed by atoms with Crippen molar-refractivity contribution in [2.45, 2.75) is 12.1 Å². The minimum Gasteiger partial charge on any atom is -0.318 e. The molecule has 0 aliphatic heterocycles. The van der Waals surface area contributed by atoms with Crippen molar-refractivity contribution in [2.75, 3.05) is 11.6 Å². The van der Waals surface area contributed by atoms with Crippen LogP contribution in [0.15, 0.2) is 23.6 Å². The van der Waals surface area contributed by atoms with Crippen molar-refractivity contribution in [1.82, 2.24) is 19.7 Å². The van der Waals surface area contributed by atoms with Crippen LogP contribution in [-0.4, -0.2) is 31.9 Å². The van der Waals surface area contributed by atoms with Crippen LogP contribution in [0.4, 0.5) is 5.69 Å². The summed E-state index contributed by atoms with van der Waals surface area (Å²) in [7, 11) is 1.79. The van der Waals surface area contributed by atoms with Crippen LogP contribution in [0.2, 0.25) is 0 Å². The first-order valence-corrected chi connectivity index (χ1v) is 6.50. The fourth-order valence-electron chi connectivity index (χ4n) is 1.43. The lowest BCUT2D eigenvalue weighted by molar-refractivity contribution is 0.102. The van der Waals surface area contributed by atoms with Crippen molar-refractivity contribution in [1.29, 1.82) is 0 Å². The summed E-state index contributed by atoms with van der Waals surface area (Å²) in [6.45, 7) is 1.84. The molecular formula is C11H13N5OS. The molecule has 1 amide bonds. The lowest BCUT2D eigenvalue weighted by Crippen LogP contribution is -2.14. The van der Waals surface area contributed by atoms with Crippen molar-refractivity contribution >= 4 is 23.4 Å². The normalized spacial score (nSPS) is 10.4. The van der Waals surface area contributed by atoms with E-state index >= 15 is 0 Å². The zero-order chi connectivity index (χ0) is 13.1. The van der Waals surface area contributed by atoms with Gasteiger partial charge in [-0.25, -0.2) is 9.97 Å². The maximum atomic E-state index is 12.0. The molecule has 0 radical (unpaired) electrons. The monoisotopic (exact) mass is 263 g/mol. The standard InChI is InChI=1S/C11H13N5OS/c1-7-4-9(15-11(13-7)18-3)10(17)14-8-5-12-16(2)6-8/h4-6H,1-3H3,(H,14,17). The average Bonchev–Trinajstić information content (AvgIpc) is 2.73. The number of rotatable bonds is 3. The summed E-state index contributed by atoms with van der Waals surface area (Å²) in [5.41, 5.74) is 1.77. The molecule has 0 unspecified atom stereocenters. The van der Waals surface area contributed by atoms with E-state index in [2.05, 4.69) is 20.4 Å². The summed E-state index contributed by atoms with van der Waals surface area (Å²) in [6.07, 6.45) is 5.18. The zero-order valence-electron chi connectivity index (χ0n) is 10.3. The van der Waals surface area contributed by atoms with Crippen molar-refractivity contribution in [3.8, 4) is 0 Å². The number of hydrogen-bond donors (Lipinski definition) is 1. The highest BCUT2D eigenvalue weighted by molar-refractivity contribution is 7.98. The second-order valence-corrected chi connectivity index (χ2v) is 4.51. The molecule has 7 heteroatoms. The number of anilines is 1. The van der Waals surface area contributed by atoms with E-state index in [1.807, 2.05) is 13.2 Å². The molecule has 0 atom stereocenters. The third-order valence-electron chi connectivity index (χ3n) is 2.21. The maximum Gasteiger partial charge on any atom is 0.274 e. The van der Waals surface area contributed by atoms with E-state index in [1.165, 1.54) is 11.8 Å². The largest absolute Gasteiger partial charge is 0.318 e. The molecule has 0 spiro atoms. The fraction of sp³-hybridized carbons (Fsp3) is 0.273. The van der Waals surface area contributed by atoms with Crippen LogP contribution in [0.3, 0.4) is 0 Å². The summed E-state index contributed by atoms with van der Waals surface area (Å²) in [5, 5.41) is 7.30. The zero-order valence-corrected chi connectivity index (χ0v) is 11.2. The van der Waals surface area contributed by atoms with Gasteiger partial charge in [0.05, 0.1) is 11.9 Å². The molecule has 6 nitrogen and oxygen atoms in total. The molecule has 1 N–H and O–H groups in total. The van der Waals surface area contributed by atoms with Gasteiger partial charge in [0, 0.05) is 18.9 Å². The number of thioether (sulfide) groups is 1. The number of aromatic nitrogens is 4. The van der Waals surface area contributed by atoms with Crippen LogP contribution in [0.25, 0.3) is 0 Å². The van der Waals surface area contributed by atoms with Crippen molar-refractivity contribution in [3.05, 3.63) is 29.8 Å². The molecule has 2 heterocycles. The minimum absolute atomic E-state index is 0.260.